The average molecular weight is 317 g/mol. The van der Waals surface area contributed by atoms with Crippen molar-refractivity contribution >= 4 is 11.7 Å². The molecule has 0 spiro atoms. The van der Waals surface area contributed by atoms with Crippen molar-refractivity contribution in [1.82, 2.24) is 25.2 Å². The second-order valence-electron chi connectivity index (χ2n) is 6.16. The largest absolute Gasteiger partial charge is 0.396 e. The van der Waals surface area contributed by atoms with Crippen LogP contribution >= 0.6 is 0 Å². The van der Waals surface area contributed by atoms with Gasteiger partial charge < -0.3 is 15.7 Å². The van der Waals surface area contributed by atoms with E-state index >= 15 is 0 Å². The molecule has 0 radical (unpaired) electrons. The number of amides is 2. The molecular weight excluding hydrogens is 294 g/mol. The normalized spacial score (nSPS) is 22.7. The summed E-state index contributed by atoms with van der Waals surface area (Å²) in [7, 11) is 0. The Morgan fingerprint density at radius 2 is 2.22 bits per heavy atom. The van der Waals surface area contributed by atoms with E-state index in [1.807, 2.05) is 35.7 Å². The van der Waals surface area contributed by atoms with Crippen LogP contribution in [0.5, 0.6) is 0 Å². The number of fused-ring (bicyclic) bond motifs is 1. The van der Waals surface area contributed by atoms with Crippen molar-refractivity contribution in [2.24, 2.45) is 5.92 Å². The Kier molecular flexibility index (Phi) is 4.76. The quantitative estimate of drug-likeness (QED) is 0.799. The maximum absolute atomic E-state index is 12.3. The number of carbonyl (C=O) groups is 1. The molecule has 1 aliphatic carbocycles. The minimum absolute atomic E-state index is 0.0380. The van der Waals surface area contributed by atoms with Gasteiger partial charge >= 0.3 is 6.03 Å². The molecule has 3 unspecified atom stereocenters. The zero-order valence-corrected chi connectivity index (χ0v) is 13.3. The van der Waals surface area contributed by atoms with Crippen molar-refractivity contribution in [2.75, 3.05) is 6.61 Å². The number of urea groups is 1. The van der Waals surface area contributed by atoms with E-state index in [4.69, 9.17) is 0 Å². The van der Waals surface area contributed by atoms with Gasteiger partial charge in [0.05, 0.1) is 6.04 Å². The van der Waals surface area contributed by atoms with E-state index in [1.165, 1.54) is 0 Å². The summed E-state index contributed by atoms with van der Waals surface area (Å²) >= 11 is 0. The lowest BCUT2D eigenvalue weighted by atomic mass is 9.85. The van der Waals surface area contributed by atoms with Gasteiger partial charge in [0.2, 0.25) is 0 Å². The smallest absolute Gasteiger partial charge is 0.315 e. The summed E-state index contributed by atoms with van der Waals surface area (Å²) < 4.78 is 1.86. The third kappa shape index (κ3) is 3.44. The highest BCUT2D eigenvalue weighted by atomic mass is 16.3. The first-order chi connectivity index (χ1) is 11.2. The van der Waals surface area contributed by atoms with Crippen LogP contribution in [0.15, 0.2) is 24.4 Å². The number of hydrogen-bond acceptors (Lipinski definition) is 4. The lowest BCUT2D eigenvalue weighted by Gasteiger charge is -2.31. The van der Waals surface area contributed by atoms with Gasteiger partial charge in [0.15, 0.2) is 11.5 Å². The number of aliphatic hydroxyl groups excluding tert-OH is 1. The average Bonchev–Trinajstić information content (AvgIpc) is 2.99. The first-order valence-corrected chi connectivity index (χ1v) is 8.16. The Hall–Kier alpha value is -2.15. The Morgan fingerprint density at radius 3 is 3.04 bits per heavy atom. The Bertz CT molecular complexity index is 671. The van der Waals surface area contributed by atoms with Gasteiger partial charge in [-0.05, 0) is 31.9 Å². The Labute approximate surface area is 135 Å². The minimum Gasteiger partial charge on any atom is -0.396 e. The number of nitrogens with one attached hydrogen (secondary N) is 2. The maximum atomic E-state index is 12.3. The van der Waals surface area contributed by atoms with Gasteiger partial charge in [0, 0.05) is 24.8 Å². The van der Waals surface area contributed by atoms with E-state index in [2.05, 4.69) is 20.8 Å². The lowest BCUT2D eigenvalue weighted by Crippen LogP contribution is -2.48. The van der Waals surface area contributed by atoms with Crippen LogP contribution in [-0.2, 0) is 0 Å². The van der Waals surface area contributed by atoms with Crippen molar-refractivity contribution in [3.8, 4) is 0 Å². The number of aromatic nitrogens is 3. The van der Waals surface area contributed by atoms with Crippen molar-refractivity contribution in [3.63, 3.8) is 0 Å². The van der Waals surface area contributed by atoms with Gasteiger partial charge in [-0.15, -0.1) is 10.2 Å². The highest BCUT2D eigenvalue weighted by Gasteiger charge is 2.26. The van der Waals surface area contributed by atoms with Gasteiger partial charge in [0.1, 0.15) is 0 Å². The summed E-state index contributed by atoms with van der Waals surface area (Å²) in [6.45, 7) is 2.00. The van der Waals surface area contributed by atoms with Gasteiger partial charge in [-0.1, -0.05) is 18.9 Å². The topological polar surface area (TPSA) is 91.5 Å². The molecule has 2 aromatic rings. The molecule has 0 aliphatic heterocycles. The molecule has 2 amide bonds. The van der Waals surface area contributed by atoms with Gasteiger partial charge in [0.25, 0.3) is 0 Å². The number of nitrogens with zero attached hydrogens (tertiary/aromatic N) is 3. The Balaban J connectivity index is 1.63. The predicted molar refractivity (Wildman–Crippen MR) is 85.9 cm³/mol. The van der Waals surface area contributed by atoms with E-state index in [0.29, 0.717) is 5.82 Å². The number of carbonyl (C=O) groups excluding carboxylic acids is 1. The van der Waals surface area contributed by atoms with Crippen LogP contribution in [0.2, 0.25) is 0 Å². The summed E-state index contributed by atoms with van der Waals surface area (Å²) in [6, 6.07) is 5.23. The van der Waals surface area contributed by atoms with E-state index in [9.17, 15) is 9.90 Å². The molecule has 1 fully saturated rings. The molecule has 1 aliphatic rings. The fraction of sp³-hybridized carbons (Fsp3) is 0.562. The molecule has 124 valence electrons. The fourth-order valence-electron chi connectivity index (χ4n) is 3.24. The van der Waals surface area contributed by atoms with E-state index in [-0.39, 0.29) is 30.6 Å². The summed E-state index contributed by atoms with van der Waals surface area (Å²) in [5.41, 5.74) is 0.754. The predicted octanol–water partition coefficient (Wildman–Crippen LogP) is 1.64. The van der Waals surface area contributed by atoms with Crippen LogP contribution in [0.25, 0.3) is 5.65 Å². The number of rotatable bonds is 4. The van der Waals surface area contributed by atoms with Crippen LogP contribution in [-0.4, -0.2) is 38.4 Å². The van der Waals surface area contributed by atoms with Gasteiger partial charge in [-0.3, -0.25) is 4.40 Å². The number of pyridine rings is 1. The molecule has 7 heteroatoms. The first-order valence-electron chi connectivity index (χ1n) is 8.16. The molecule has 0 bridgehead atoms. The van der Waals surface area contributed by atoms with Gasteiger partial charge in [-0.2, -0.15) is 0 Å². The highest BCUT2D eigenvalue weighted by molar-refractivity contribution is 5.74. The molecule has 7 nitrogen and oxygen atoms in total. The zero-order valence-electron chi connectivity index (χ0n) is 13.3. The monoisotopic (exact) mass is 317 g/mol. The van der Waals surface area contributed by atoms with Crippen LogP contribution in [0, 0.1) is 5.92 Å². The van der Waals surface area contributed by atoms with Crippen molar-refractivity contribution < 1.29 is 9.90 Å². The van der Waals surface area contributed by atoms with E-state index < -0.39 is 0 Å². The summed E-state index contributed by atoms with van der Waals surface area (Å²) in [4.78, 5) is 12.3. The third-order valence-corrected chi connectivity index (χ3v) is 4.54. The van der Waals surface area contributed by atoms with E-state index in [1.54, 1.807) is 0 Å². The van der Waals surface area contributed by atoms with Crippen LogP contribution in [0.4, 0.5) is 4.79 Å². The molecular formula is C16H23N5O2. The molecule has 2 heterocycles. The first kappa shape index (κ1) is 15.7. The molecule has 0 aromatic carbocycles. The second kappa shape index (κ2) is 6.95. The highest BCUT2D eigenvalue weighted by Crippen LogP contribution is 2.24. The summed E-state index contributed by atoms with van der Waals surface area (Å²) in [5.74, 6) is 0.844. The molecule has 0 saturated heterocycles. The van der Waals surface area contributed by atoms with Crippen LogP contribution in [0.1, 0.15) is 44.5 Å². The third-order valence-electron chi connectivity index (χ3n) is 4.54. The zero-order chi connectivity index (χ0) is 16.2. The molecule has 3 atom stereocenters. The fourth-order valence-corrected chi connectivity index (χ4v) is 3.24. The van der Waals surface area contributed by atoms with Crippen LogP contribution < -0.4 is 10.6 Å². The van der Waals surface area contributed by atoms with Crippen molar-refractivity contribution in [1.29, 1.82) is 0 Å². The lowest BCUT2D eigenvalue weighted by molar-refractivity contribution is 0.153. The number of aliphatic hydroxyl groups is 1. The van der Waals surface area contributed by atoms with Gasteiger partial charge in [-0.25, -0.2) is 4.79 Å². The summed E-state index contributed by atoms with van der Waals surface area (Å²) in [6.07, 6.45) is 5.97. The van der Waals surface area contributed by atoms with Crippen LogP contribution in [0.3, 0.4) is 0 Å². The number of hydrogen-bond donors (Lipinski definition) is 3. The minimum atomic E-state index is -0.261. The maximum Gasteiger partial charge on any atom is 0.315 e. The molecule has 3 N–H and O–H groups in total. The second-order valence-corrected chi connectivity index (χ2v) is 6.16. The SMILES string of the molecule is CC(NC(=O)NC1CCCCC1CO)c1nnc2ccccn12. The Morgan fingerprint density at radius 1 is 1.39 bits per heavy atom. The van der Waals surface area contributed by atoms with E-state index in [0.717, 1.165) is 31.3 Å². The van der Waals surface area contributed by atoms with Crippen molar-refractivity contribution in [2.45, 2.75) is 44.7 Å². The standard InChI is InChI=1S/C16H23N5O2/c1-11(15-20-19-14-8-4-5-9-21(14)15)17-16(23)18-13-7-3-2-6-12(13)10-22/h4-5,8-9,11-13,22H,2-3,6-7,10H2,1H3,(H2,17,18,23). The molecule has 2 aromatic heterocycles. The summed E-state index contributed by atoms with van der Waals surface area (Å²) in [5, 5.41) is 23.6. The molecule has 23 heavy (non-hydrogen) atoms. The molecule has 1 saturated carbocycles. The van der Waals surface area contributed by atoms with Crippen molar-refractivity contribution in [3.05, 3.63) is 30.2 Å². The molecule has 3 rings (SSSR count).